The highest BCUT2D eigenvalue weighted by molar-refractivity contribution is 5.67. The van der Waals surface area contributed by atoms with Gasteiger partial charge in [0, 0.05) is 44.5 Å². The number of pyridine rings is 1. The van der Waals surface area contributed by atoms with Crippen molar-refractivity contribution in [1.82, 2.24) is 15.2 Å². The molecule has 2 rings (SSSR count). The first kappa shape index (κ1) is 19.5. The molecule has 1 fully saturated rings. The fraction of sp³-hybridized carbons (Fsp3) is 0.684. The van der Waals surface area contributed by atoms with E-state index in [0.29, 0.717) is 12.6 Å². The van der Waals surface area contributed by atoms with Crippen molar-refractivity contribution < 1.29 is 9.53 Å². The van der Waals surface area contributed by atoms with E-state index in [1.807, 2.05) is 39.8 Å². The van der Waals surface area contributed by atoms with Crippen LogP contribution in [0.1, 0.15) is 45.9 Å². The lowest BCUT2D eigenvalue weighted by atomic mass is 10.2. The van der Waals surface area contributed by atoms with Crippen LogP contribution < -0.4 is 10.2 Å². The SMILES string of the molecule is Cc1nc(N2CCN(C(C)C)CC2)ccc1CNC(=O)OC(C)(C)C. The number of anilines is 1. The van der Waals surface area contributed by atoms with Crippen molar-refractivity contribution >= 4 is 11.9 Å². The third kappa shape index (κ3) is 5.88. The molecule has 140 valence electrons. The van der Waals surface area contributed by atoms with Crippen LogP contribution >= 0.6 is 0 Å². The minimum atomic E-state index is -0.487. The van der Waals surface area contributed by atoms with Gasteiger partial charge in [0.25, 0.3) is 0 Å². The Balaban J connectivity index is 1.91. The molecule has 0 aromatic carbocycles. The molecule has 1 N–H and O–H groups in total. The number of carbonyl (C=O) groups is 1. The minimum absolute atomic E-state index is 0.402. The van der Waals surface area contributed by atoms with E-state index in [-0.39, 0.29) is 0 Å². The molecule has 0 bridgehead atoms. The van der Waals surface area contributed by atoms with Gasteiger partial charge in [-0.2, -0.15) is 0 Å². The molecule has 1 aromatic rings. The lowest BCUT2D eigenvalue weighted by Gasteiger charge is -2.37. The summed E-state index contributed by atoms with van der Waals surface area (Å²) in [6, 6.07) is 4.69. The fourth-order valence-corrected chi connectivity index (χ4v) is 2.89. The van der Waals surface area contributed by atoms with E-state index in [1.54, 1.807) is 0 Å². The predicted molar refractivity (Wildman–Crippen MR) is 101 cm³/mol. The Morgan fingerprint density at radius 3 is 2.40 bits per heavy atom. The van der Waals surface area contributed by atoms with Gasteiger partial charge in [0.05, 0.1) is 0 Å². The van der Waals surface area contributed by atoms with Gasteiger partial charge in [0.15, 0.2) is 0 Å². The highest BCUT2D eigenvalue weighted by atomic mass is 16.6. The maximum Gasteiger partial charge on any atom is 0.407 e. The molecule has 6 heteroatoms. The van der Waals surface area contributed by atoms with Crippen molar-refractivity contribution in [2.24, 2.45) is 0 Å². The first-order valence-corrected chi connectivity index (χ1v) is 9.08. The molecule has 1 aliphatic rings. The van der Waals surface area contributed by atoms with Gasteiger partial charge >= 0.3 is 6.09 Å². The number of carbonyl (C=O) groups excluding carboxylic acids is 1. The molecule has 6 nitrogen and oxygen atoms in total. The van der Waals surface area contributed by atoms with Gasteiger partial charge in [-0.15, -0.1) is 0 Å². The summed E-state index contributed by atoms with van der Waals surface area (Å²) in [6.07, 6.45) is -0.402. The van der Waals surface area contributed by atoms with E-state index in [9.17, 15) is 4.79 Å². The maximum absolute atomic E-state index is 11.8. The Labute approximate surface area is 151 Å². The topological polar surface area (TPSA) is 57.7 Å². The highest BCUT2D eigenvalue weighted by Gasteiger charge is 2.20. The lowest BCUT2D eigenvalue weighted by molar-refractivity contribution is 0.0523. The van der Waals surface area contributed by atoms with Crippen molar-refractivity contribution in [3.63, 3.8) is 0 Å². The smallest absolute Gasteiger partial charge is 0.407 e. The van der Waals surface area contributed by atoms with E-state index in [1.165, 1.54) is 0 Å². The molecule has 0 radical (unpaired) electrons. The number of piperazine rings is 1. The van der Waals surface area contributed by atoms with Crippen LogP contribution in [-0.2, 0) is 11.3 Å². The van der Waals surface area contributed by atoms with Crippen LogP contribution in [0.4, 0.5) is 10.6 Å². The molecule has 0 saturated carbocycles. The molecule has 1 saturated heterocycles. The minimum Gasteiger partial charge on any atom is -0.444 e. The third-order valence-electron chi connectivity index (χ3n) is 4.37. The molecule has 1 aliphatic heterocycles. The van der Waals surface area contributed by atoms with Gasteiger partial charge in [-0.05, 0) is 53.2 Å². The molecular formula is C19H32N4O2. The molecular weight excluding hydrogens is 316 g/mol. The first-order valence-electron chi connectivity index (χ1n) is 9.08. The third-order valence-corrected chi connectivity index (χ3v) is 4.37. The Bertz CT molecular complexity index is 588. The van der Waals surface area contributed by atoms with Crippen molar-refractivity contribution in [2.45, 2.75) is 59.7 Å². The summed E-state index contributed by atoms with van der Waals surface area (Å²) in [7, 11) is 0. The van der Waals surface area contributed by atoms with E-state index in [0.717, 1.165) is 43.3 Å². The van der Waals surface area contributed by atoms with Gasteiger partial charge in [-0.3, -0.25) is 4.90 Å². The number of aromatic nitrogens is 1. The molecule has 25 heavy (non-hydrogen) atoms. The van der Waals surface area contributed by atoms with Crippen molar-refractivity contribution in [1.29, 1.82) is 0 Å². The van der Waals surface area contributed by atoms with Crippen molar-refractivity contribution in [3.8, 4) is 0 Å². The summed E-state index contributed by atoms with van der Waals surface area (Å²) < 4.78 is 5.26. The van der Waals surface area contributed by atoms with Crippen LogP contribution in [0.25, 0.3) is 0 Å². The molecule has 2 heterocycles. The lowest BCUT2D eigenvalue weighted by Crippen LogP contribution is -2.49. The van der Waals surface area contributed by atoms with Crippen molar-refractivity contribution in [2.75, 3.05) is 31.1 Å². The van der Waals surface area contributed by atoms with Gasteiger partial charge < -0.3 is 15.0 Å². The number of nitrogens with one attached hydrogen (secondary N) is 1. The number of amides is 1. The molecule has 0 atom stereocenters. The summed E-state index contributed by atoms with van der Waals surface area (Å²) in [4.78, 5) is 21.3. The second-order valence-electron chi connectivity index (χ2n) is 7.89. The number of nitrogens with zero attached hydrogens (tertiary/aromatic N) is 3. The van der Waals surface area contributed by atoms with Crippen LogP contribution in [0.5, 0.6) is 0 Å². The first-order chi connectivity index (χ1) is 11.7. The summed E-state index contributed by atoms with van der Waals surface area (Å²) in [5.74, 6) is 1.02. The van der Waals surface area contributed by atoms with E-state index in [4.69, 9.17) is 9.72 Å². The van der Waals surface area contributed by atoms with Gasteiger partial charge in [-0.1, -0.05) is 6.07 Å². The zero-order chi connectivity index (χ0) is 18.6. The van der Waals surface area contributed by atoms with Gasteiger partial charge in [0.1, 0.15) is 11.4 Å². The van der Waals surface area contributed by atoms with E-state index in [2.05, 4.69) is 29.0 Å². The number of hydrogen-bond acceptors (Lipinski definition) is 5. The van der Waals surface area contributed by atoms with Crippen LogP contribution in [0.15, 0.2) is 12.1 Å². The Kier molecular flexibility index (Phi) is 6.27. The zero-order valence-electron chi connectivity index (χ0n) is 16.4. The molecule has 0 aliphatic carbocycles. The molecule has 1 aromatic heterocycles. The number of alkyl carbamates (subject to hydrolysis) is 1. The molecule has 0 unspecified atom stereocenters. The summed E-state index contributed by atoms with van der Waals surface area (Å²) in [5.41, 5.74) is 1.47. The maximum atomic E-state index is 11.8. The summed E-state index contributed by atoms with van der Waals surface area (Å²) in [5, 5.41) is 2.79. The highest BCUT2D eigenvalue weighted by Crippen LogP contribution is 2.18. The largest absolute Gasteiger partial charge is 0.444 e. The second-order valence-corrected chi connectivity index (χ2v) is 7.89. The zero-order valence-corrected chi connectivity index (χ0v) is 16.4. The van der Waals surface area contributed by atoms with Crippen LogP contribution in [-0.4, -0.2) is 53.8 Å². The summed E-state index contributed by atoms with van der Waals surface area (Å²) >= 11 is 0. The quantitative estimate of drug-likeness (QED) is 0.907. The Morgan fingerprint density at radius 1 is 1.24 bits per heavy atom. The molecule has 1 amide bonds. The van der Waals surface area contributed by atoms with Crippen LogP contribution in [0, 0.1) is 6.92 Å². The Hall–Kier alpha value is -1.82. The number of rotatable bonds is 4. The number of aryl methyl sites for hydroxylation is 1. The van der Waals surface area contributed by atoms with Crippen LogP contribution in [0.3, 0.4) is 0 Å². The van der Waals surface area contributed by atoms with Gasteiger partial charge in [0.2, 0.25) is 0 Å². The average Bonchev–Trinajstić information content (AvgIpc) is 2.52. The number of ether oxygens (including phenoxy) is 1. The van der Waals surface area contributed by atoms with Crippen molar-refractivity contribution in [3.05, 3.63) is 23.4 Å². The van der Waals surface area contributed by atoms with E-state index >= 15 is 0 Å². The summed E-state index contributed by atoms with van der Waals surface area (Å²) in [6.45, 7) is 16.6. The normalized spacial score (nSPS) is 16.2. The number of hydrogen-bond donors (Lipinski definition) is 1. The fourth-order valence-electron chi connectivity index (χ4n) is 2.89. The molecule has 0 spiro atoms. The Morgan fingerprint density at radius 2 is 1.88 bits per heavy atom. The average molecular weight is 348 g/mol. The van der Waals surface area contributed by atoms with Gasteiger partial charge in [-0.25, -0.2) is 9.78 Å². The van der Waals surface area contributed by atoms with Crippen LogP contribution in [0.2, 0.25) is 0 Å². The predicted octanol–water partition coefficient (Wildman–Crippen LogP) is 2.95. The second kappa shape index (κ2) is 8.04. The standard InChI is InChI=1S/C19H32N4O2/c1-14(2)22-9-11-23(12-10-22)17-8-7-16(15(3)21-17)13-20-18(24)25-19(4,5)6/h7-8,14H,9-13H2,1-6H3,(H,20,24). The monoisotopic (exact) mass is 348 g/mol. The van der Waals surface area contributed by atoms with E-state index < -0.39 is 11.7 Å².